The third kappa shape index (κ3) is 4.21. The number of para-hydroxylation sites is 1. The van der Waals surface area contributed by atoms with Gasteiger partial charge in [-0.25, -0.2) is 0 Å². The van der Waals surface area contributed by atoms with E-state index >= 15 is 0 Å². The van der Waals surface area contributed by atoms with Crippen LogP contribution in [0.5, 0.6) is 0 Å². The number of methoxy groups -OCH3 is 1. The van der Waals surface area contributed by atoms with Gasteiger partial charge in [-0.15, -0.1) is 0 Å². The Balaban J connectivity index is 2.18. The minimum atomic E-state index is 0.371. The van der Waals surface area contributed by atoms with Crippen LogP contribution in [-0.4, -0.2) is 32.8 Å². The highest BCUT2D eigenvalue weighted by Crippen LogP contribution is 2.30. The van der Waals surface area contributed by atoms with Gasteiger partial charge in [0, 0.05) is 31.9 Å². The molecular formula is C18H30N2O. The zero-order valence-corrected chi connectivity index (χ0v) is 13.8. The number of hydrogen-bond acceptors (Lipinski definition) is 3. The molecule has 3 nitrogen and oxygen atoms in total. The summed E-state index contributed by atoms with van der Waals surface area (Å²) in [4.78, 5) is 2.50. The number of ether oxygens (including phenoxy) is 1. The summed E-state index contributed by atoms with van der Waals surface area (Å²) >= 11 is 0. The molecule has 0 amide bonds. The molecule has 1 aliphatic heterocycles. The highest BCUT2D eigenvalue weighted by molar-refractivity contribution is 5.55. The topological polar surface area (TPSA) is 24.5 Å². The molecule has 1 aliphatic rings. The van der Waals surface area contributed by atoms with Crippen molar-refractivity contribution in [2.75, 3.05) is 31.6 Å². The predicted octanol–water partition coefficient (Wildman–Crippen LogP) is 3.75. The second-order valence-corrected chi connectivity index (χ2v) is 5.92. The van der Waals surface area contributed by atoms with E-state index in [0.29, 0.717) is 12.1 Å². The van der Waals surface area contributed by atoms with Gasteiger partial charge in [0.25, 0.3) is 0 Å². The third-order valence-electron chi connectivity index (χ3n) is 4.41. The molecule has 0 spiro atoms. The van der Waals surface area contributed by atoms with Crippen LogP contribution in [0.4, 0.5) is 5.69 Å². The van der Waals surface area contributed by atoms with Crippen molar-refractivity contribution in [1.82, 2.24) is 5.32 Å². The first-order valence-electron chi connectivity index (χ1n) is 8.40. The lowest BCUT2D eigenvalue weighted by atomic mass is 9.99. The van der Waals surface area contributed by atoms with Gasteiger partial charge < -0.3 is 15.0 Å². The summed E-state index contributed by atoms with van der Waals surface area (Å²) in [6.45, 7) is 7.71. The van der Waals surface area contributed by atoms with Crippen LogP contribution in [-0.2, 0) is 4.74 Å². The normalized spacial score (nSPS) is 20.5. The predicted molar refractivity (Wildman–Crippen MR) is 90.0 cm³/mol. The molecule has 0 aliphatic carbocycles. The number of nitrogens with zero attached hydrogens (tertiary/aromatic N) is 1. The van der Waals surface area contributed by atoms with E-state index in [1.54, 1.807) is 0 Å². The van der Waals surface area contributed by atoms with Crippen LogP contribution in [0.1, 0.15) is 51.1 Å². The average molecular weight is 290 g/mol. The van der Waals surface area contributed by atoms with Crippen LogP contribution in [0, 0.1) is 0 Å². The summed E-state index contributed by atoms with van der Waals surface area (Å²) in [5, 5.41) is 3.68. The number of benzene rings is 1. The van der Waals surface area contributed by atoms with Gasteiger partial charge in [0.05, 0.1) is 6.10 Å². The first kappa shape index (κ1) is 16.3. The molecule has 1 aromatic rings. The van der Waals surface area contributed by atoms with E-state index in [2.05, 4.69) is 48.3 Å². The summed E-state index contributed by atoms with van der Waals surface area (Å²) in [7, 11) is 1.83. The van der Waals surface area contributed by atoms with Gasteiger partial charge in [-0.3, -0.25) is 0 Å². The fourth-order valence-electron chi connectivity index (χ4n) is 3.21. The molecule has 2 unspecified atom stereocenters. The molecule has 1 fully saturated rings. The van der Waals surface area contributed by atoms with E-state index in [1.807, 2.05) is 7.11 Å². The van der Waals surface area contributed by atoms with Crippen molar-refractivity contribution in [3.8, 4) is 0 Å². The second-order valence-electron chi connectivity index (χ2n) is 5.92. The summed E-state index contributed by atoms with van der Waals surface area (Å²) in [6.07, 6.45) is 5.06. The molecule has 2 rings (SSSR count). The standard InChI is InChI=1S/C18H30N2O/c1-4-12-19-17(5-2)16-10-6-7-11-18(16)20-13-8-9-15(14-20)21-3/h6-7,10-11,15,17,19H,4-5,8-9,12-14H2,1-3H3. The smallest absolute Gasteiger partial charge is 0.0746 e. The highest BCUT2D eigenvalue weighted by atomic mass is 16.5. The molecule has 3 heteroatoms. The quantitative estimate of drug-likeness (QED) is 0.827. The van der Waals surface area contributed by atoms with Crippen LogP contribution in [0.2, 0.25) is 0 Å². The van der Waals surface area contributed by atoms with Crippen molar-refractivity contribution in [2.45, 2.75) is 51.7 Å². The van der Waals surface area contributed by atoms with Crippen molar-refractivity contribution in [2.24, 2.45) is 0 Å². The number of hydrogen-bond donors (Lipinski definition) is 1. The maximum absolute atomic E-state index is 5.58. The minimum absolute atomic E-state index is 0.371. The Labute approximate surface area is 129 Å². The molecule has 1 saturated heterocycles. The van der Waals surface area contributed by atoms with Crippen molar-refractivity contribution >= 4 is 5.69 Å². The second kappa shape index (κ2) is 8.40. The monoisotopic (exact) mass is 290 g/mol. The molecule has 1 heterocycles. The lowest BCUT2D eigenvalue weighted by molar-refractivity contribution is 0.0893. The van der Waals surface area contributed by atoms with Crippen LogP contribution in [0.3, 0.4) is 0 Å². The van der Waals surface area contributed by atoms with Crippen LogP contribution in [0.25, 0.3) is 0 Å². The zero-order valence-electron chi connectivity index (χ0n) is 13.8. The molecule has 0 aromatic heterocycles. The highest BCUT2D eigenvalue weighted by Gasteiger charge is 2.23. The fourth-order valence-corrected chi connectivity index (χ4v) is 3.21. The summed E-state index contributed by atoms with van der Waals surface area (Å²) < 4.78 is 5.58. The molecule has 1 aromatic carbocycles. The van der Waals surface area contributed by atoms with Crippen LogP contribution < -0.4 is 10.2 Å². The van der Waals surface area contributed by atoms with Crippen molar-refractivity contribution in [1.29, 1.82) is 0 Å². The largest absolute Gasteiger partial charge is 0.380 e. The summed E-state index contributed by atoms with van der Waals surface area (Å²) in [5.74, 6) is 0. The number of piperidine rings is 1. The summed E-state index contributed by atoms with van der Waals surface area (Å²) in [5.41, 5.74) is 2.82. The SMILES string of the molecule is CCCNC(CC)c1ccccc1N1CCCC(OC)C1. The average Bonchev–Trinajstić information content (AvgIpc) is 2.56. The molecule has 118 valence electrons. The lowest BCUT2D eigenvalue weighted by Gasteiger charge is -2.36. The van der Waals surface area contributed by atoms with Crippen LogP contribution >= 0.6 is 0 Å². The molecule has 21 heavy (non-hydrogen) atoms. The molecule has 1 N–H and O–H groups in total. The van der Waals surface area contributed by atoms with Crippen molar-refractivity contribution < 1.29 is 4.74 Å². The lowest BCUT2D eigenvalue weighted by Crippen LogP contribution is -2.40. The fraction of sp³-hybridized carbons (Fsp3) is 0.667. The molecule has 0 saturated carbocycles. The van der Waals surface area contributed by atoms with E-state index in [0.717, 1.165) is 26.1 Å². The van der Waals surface area contributed by atoms with E-state index in [9.17, 15) is 0 Å². The van der Waals surface area contributed by atoms with E-state index in [1.165, 1.54) is 30.5 Å². The first-order valence-corrected chi connectivity index (χ1v) is 8.40. The van der Waals surface area contributed by atoms with Crippen molar-refractivity contribution in [3.63, 3.8) is 0 Å². The van der Waals surface area contributed by atoms with Gasteiger partial charge in [-0.2, -0.15) is 0 Å². The molecular weight excluding hydrogens is 260 g/mol. The number of rotatable bonds is 7. The maximum atomic E-state index is 5.58. The Bertz CT molecular complexity index is 421. The van der Waals surface area contributed by atoms with Crippen molar-refractivity contribution in [3.05, 3.63) is 29.8 Å². The van der Waals surface area contributed by atoms with E-state index in [4.69, 9.17) is 4.74 Å². The van der Waals surface area contributed by atoms with Crippen LogP contribution in [0.15, 0.2) is 24.3 Å². The molecule has 0 radical (unpaired) electrons. The van der Waals surface area contributed by atoms with Gasteiger partial charge in [0.15, 0.2) is 0 Å². The number of anilines is 1. The zero-order chi connectivity index (χ0) is 15.1. The number of nitrogens with one attached hydrogen (secondary N) is 1. The maximum Gasteiger partial charge on any atom is 0.0746 e. The van der Waals surface area contributed by atoms with E-state index < -0.39 is 0 Å². The summed E-state index contributed by atoms with van der Waals surface area (Å²) in [6, 6.07) is 9.31. The van der Waals surface area contributed by atoms with Gasteiger partial charge >= 0.3 is 0 Å². The third-order valence-corrected chi connectivity index (χ3v) is 4.41. The van der Waals surface area contributed by atoms with Gasteiger partial charge in [-0.05, 0) is 43.9 Å². The van der Waals surface area contributed by atoms with Gasteiger partial charge in [0.1, 0.15) is 0 Å². The van der Waals surface area contributed by atoms with Gasteiger partial charge in [0.2, 0.25) is 0 Å². The Morgan fingerprint density at radius 3 is 2.86 bits per heavy atom. The van der Waals surface area contributed by atoms with E-state index in [-0.39, 0.29) is 0 Å². The Kier molecular flexibility index (Phi) is 6.52. The van der Waals surface area contributed by atoms with Gasteiger partial charge in [-0.1, -0.05) is 32.0 Å². The Morgan fingerprint density at radius 1 is 1.33 bits per heavy atom. The minimum Gasteiger partial charge on any atom is -0.380 e. The Hall–Kier alpha value is -1.06. The molecule has 2 atom stereocenters. The molecule has 0 bridgehead atoms. The Morgan fingerprint density at radius 2 is 2.14 bits per heavy atom. The first-order chi connectivity index (χ1) is 10.3.